The van der Waals surface area contributed by atoms with Gasteiger partial charge in [-0.05, 0) is 28.9 Å². The van der Waals surface area contributed by atoms with E-state index in [-0.39, 0.29) is 0 Å². The van der Waals surface area contributed by atoms with Gasteiger partial charge in [0.25, 0.3) is 0 Å². The highest BCUT2D eigenvalue weighted by Crippen LogP contribution is 2.06. The van der Waals surface area contributed by atoms with Crippen molar-refractivity contribution in [2.45, 2.75) is 0 Å². The Bertz CT molecular complexity index is 428. The second-order valence-corrected chi connectivity index (χ2v) is 3.11. The number of carboxylic acid groups (broad SMARTS) is 1. The van der Waals surface area contributed by atoms with Gasteiger partial charge in [-0.2, -0.15) is 0 Å². The van der Waals surface area contributed by atoms with Gasteiger partial charge in [-0.25, -0.2) is 4.79 Å². The van der Waals surface area contributed by atoms with Crippen LogP contribution < -0.4 is 0 Å². The SMILES string of the molecule is O=N/C(=C\C(=P)c1ccncc1)C(=O)O. The molecule has 1 aromatic rings. The molecule has 76 valence electrons. The summed E-state index contributed by atoms with van der Waals surface area (Å²) in [6, 6.07) is 3.34. The van der Waals surface area contributed by atoms with Gasteiger partial charge in [-0.15, -0.1) is 13.8 Å². The van der Waals surface area contributed by atoms with Gasteiger partial charge in [0, 0.05) is 17.7 Å². The molecule has 0 fully saturated rings. The first-order valence-electron chi connectivity index (χ1n) is 3.92. The van der Waals surface area contributed by atoms with E-state index < -0.39 is 11.7 Å². The summed E-state index contributed by atoms with van der Waals surface area (Å²) in [5.41, 5.74) is 0.154. The lowest BCUT2D eigenvalue weighted by molar-refractivity contribution is -0.132. The first-order chi connectivity index (χ1) is 7.15. The minimum Gasteiger partial charge on any atom is -0.476 e. The van der Waals surface area contributed by atoms with Crippen molar-refractivity contribution in [3.05, 3.63) is 46.8 Å². The van der Waals surface area contributed by atoms with Crippen molar-refractivity contribution in [1.29, 1.82) is 0 Å². The maximum absolute atomic E-state index is 10.5. The van der Waals surface area contributed by atoms with Gasteiger partial charge in [-0.1, -0.05) is 0 Å². The molecule has 0 radical (unpaired) electrons. The van der Waals surface area contributed by atoms with E-state index in [1.165, 1.54) is 0 Å². The molecule has 0 atom stereocenters. The fraction of sp³-hybridized carbons (Fsp3) is 0. The van der Waals surface area contributed by atoms with E-state index in [1.807, 2.05) is 0 Å². The topological polar surface area (TPSA) is 79.6 Å². The second-order valence-electron chi connectivity index (χ2n) is 2.58. The molecular weight excluding hydrogens is 215 g/mol. The summed E-state index contributed by atoms with van der Waals surface area (Å²) in [7, 11) is 3.20. The highest BCUT2D eigenvalue weighted by molar-refractivity contribution is 7.23. The number of carbonyl (C=O) groups is 1. The van der Waals surface area contributed by atoms with Crippen LogP contribution in [0.4, 0.5) is 0 Å². The number of allylic oxidation sites excluding steroid dienone is 1. The predicted octanol–water partition coefficient (Wildman–Crippen LogP) is 1.48. The first-order valence-corrected chi connectivity index (χ1v) is 4.42. The van der Waals surface area contributed by atoms with Crippen molar-refractivity contribution in [3.8, 4) is 0 Å². The van der Waals surface area contributed by atoms with Crippen molar-refractivity contribution < 1.29 is 9.90 Å². The van der Waals surface area contributed by atoms with Gasteiger partial charge in [0.1, 0.15) is 0 Å². The molecular formula is C9H7N2O3P. The van der Waals surface area contributed by atoms with E-state index in [1.54, 1.807) is 24.5 Å². The molecule has 1 rings (SSSR count). The van der Waals surface area contributed by atoms with Crippen LogP contribution in [0.3, 0.4) is 0 Å². The molecule has 0 aliphatic carbocycles. The maximum atomic E-state index is 10.5. The Morgan fingerprint density at radius 2 is 2.07 bits per heavy atom. The van der Waals surface area contributed by atoms with Gasteiger partial charge in [0.15, 0.2) is 5.70 Å². The van der Waals surface area contributed by atoms with E-state index in [0.29, 0.717) is 10.9 Å². The minimum absolute atomic E-state index is 0.453. The van der Waals surface area contributed by atoms with E-state index >= 15 is 0 Å². The molecule has 15 heavy (non-hydrogen) atoms. The number of aliphatic carboxylic acids is 1. The van der Waals surface area contributed by atoms with Crippen molar-refractivity contribution in [2.24, 2.45) is 5.18 Å². The molecule has 1 heterocycles. The van der Waals surface area contributed by atoms with Crippen LogP contribution in [0.25, 0.3) is 0 Å². The Balaban J connectivity index is 2.97. The average Bonchev–Trinajstić information content (AvgIpc) is 2.26. The Hall–Kier alpha value is -1.87. The average molecular weight is 222 g/mol. The summed E-state index contributed by atoms with van der Waals surface area (Å²) in [6.45, 7) is 0. The van der Waals surface area contributed by atoms with Crippen LogP contribution in [0.15, 0.2) is 41.5 Å². The molecule has 0 aliphatic heterocycles. The monoisotopic (exact) mass is 222 g/mol. The third-order valence-electron chi connectivity index (χ3n) is 1.59. The smallest absolute Gasteiger partial charge is 0.358 e. The normalized spacial score (nSPS) is 10.8. The number of rotatable bonds is 4. The number of nitroso groups, excluding NO2 is 1. The lowest BCUT2D eigenvalue weighted by Gasteiger charge is -1.98. The zero-order chi connectivity index (χ0) is 11.3. The quantitative estimate of drug-likeness (QED) is 0.475. The molecule has 1 aromatic heterocycles. The number of nitrogens with zero attached hydrogens (tertiary/aromatic N) is 2. The predicted molar refractivity (Wildman–Crippen MR) is 58.2 cm³/mol. The number of carboxylic acids is 1. The molecule has 0 amide bonds. The third kappa shape index (κ3) is 3.07. The lowest BCUT2D eigenvalue weighted by Crippen LogP contribution is -2.01. The van der Waals surface area contributed by atoms with Crippen LogP contribution in [-0.2, 0) is 4.79 Å². The highest BCUT2D eigenvalue weighted by atomic mass is 31.0. The maximum Gasteiger partial charge on any atom is 0.358 e. The largest absolute Gasteiger partial charge is 0.476 e. The number of aromatic nitrogens is 1. The Morgan fingerprint density at radius 3 is 2.53 bits per heavy atom. The molecule has 0 aromatic carbocycles. The molecule has 5 nitrogen and oxygen atoms in total. The van der Waals surface area contributed by atoms with Gasteiger partial charge in [-0.3, -0.25) is 4.98 Å². The molecule has 0 saturated carbocycles. The molecule has 0 aliphatic rings. The summed E-state index contributed by atoms with van der Waals surface area (Å²) in [5, 5.41) is 11.4. The van der Waals surface area contributed by atoms with Gasteiger partial charge >= 0.3 is 5.97 Å². The summed E-state index contributed by atoms with van der Waals surface area (Å²) >= 11 is 0. The van der Waals surface area contributed by atoms with Crippen molar-refractivity contribution in [1.82, 2.24) is 4.98 Å². The van der Waals surface area contributed by atoms with E-state index in [2.05, 4.69) is 19.0 Å². The van der Waals surface area contributed by atoms with Crippen molar-refractivity contribution in [2.75, 3.05) is 0 Å². The molecule has 0 bridgehead atoms. The summed E-state index contributed by atoms with van der Waals surface area (Å²) in [6.07, 6.45) is 4.25. The van der Waals surface area contributed by atoms with Gasteiger partial charge < -0.3 is 5.11 Å². The number of pyridine rings is 1. The minimum atomic E-state index is -1.37. The van der Waals surface area contributed by atoms with Crippen LogP contribution in [0.2, 0.25) is 0 Å². The standard InChI is InChI=1S/C9H7N2O3P/c12-9(13)7(11-14)5-8(15)6-1-3-10-4-2-6/h1-5,15H,(H,12,13)/b7-5-. The zero-order valence-electron chi connectivity index (χ0n) is 7.54. The summed E-state index contributed by atoms with van der Waals surface area (Å²) in [5.74, 6) is -1.37. The summed E-state index contributed by atoms with van der Waals surface area (Å²) < 4.78 is 0. The van der Waals surface area contributed by atoms with E-state index in [9.17, 15) is 9.70 Å². The number of hydrogen-bond donors (Lipinski definition) is 1. The van der Waals surface area contributed by atoms with Crippen LogP contribution in [-0.4, -0.2) is 21.4 Å². The van der Waals surface area contributed by atoms with E-state index in [4.69, 9.17) is 5.11 Å². The Morgan fingerprint density at radius 1 is 1.47 bits per heavy atom. The number of hydrogen-bond acceptors (Lipinski definition) is 4. The fourth-order valence-corrected chi connectivity index (χ4v) is 1.18. The summed E-state index contributed by atoms with van der Waals surface area (Å²) in [4.78, 5) is 24.5. The fourth-order valence-electron chi connectivity index (χ4n) is 0.879. The Labute approximate surface area is 87.7 Å². The Kier molecular flexibility index (Phi) is 3.83. The van der Waals surface area contributed by atoms with E-state index in [0.717, 1.165) is 6.08 Å². The van der Waals surface area contributed by atoms with Crippen LogP contribution in [0.1, 0.15) is 5.56 Å². The second kappa shape index (κ2) is 5.12. The third-order valence-corrected chi connectivity index (χ3v) is 2.02. The van der Waals surface area contributed by atoms with Crippen LogP contribution >= 0.6 is 8.86 Å². The highest BCUT2D eigenvalue weighted by Gasteiger charge is 2.08. The molecule has 0 saturated heterocycles. The van der Waals surface area contributed by atoms with Crippen LogP contribution in [0, 0.1) is 4.91 Å². The van der Waals surface area contributed by atoms with Crippen molar-refractivity contribution in [3.63, 3.8) is 0 Å². The molecule has 0 unspecified atom stereocenters. The van der Waals surface area contributed by atoms with Gasteiger partial charge in [0.2, 0.25) is 0 Å². The molecule has 1 N–H and O–H groups in total. The zero-order valence-corrected chi connectivity index (χ0v) is 8.54. The van der Waals surface area contributed by atoms with Gasteiger partial charge in [0.05, 0.1) is 0 Å². The van der Waals surface area contributed by atoms with Crippen LogP contribution in [0.5, 0.6) is 0 Å². The van der Waals surface area contributed by atoms with Crippen molar-refractivity contribution >= 4 is 20.1 Å². The molecule has 0 spiro atoms. The lowest BCUT2D eigenvalue weighted by atomic mass is 10.2. The first kappa shape index (κ1) is 11.2. The molecule has 6 heteroatoms.